The number of hydrogen-bond donors (Lipinski definition) is 1. The molecule has 0 aliphatic rings. The average Bonchev–Trinajstić information content (AvgIpc) is 2.83. The van der Waals surface area contributed by atoms with Gasteiger partial charge in [-0.1, -0.05) is 24.3 Å². The lowest BCUT2D eigenvalue weighted by atomic mass is 10.2. The third kappa shape index (κ3) is 2.81. The van der Waals surface area contributed by atoms with Gasteiger partial charge < -0.3 is 9.88 Å². The second-order valence-electron chi connectivity index (χ2n) is 5.25. The molecule has 4 heteroatoms. The van der Waals surface area contributed by atoms with Crippen molar-refractivity contribution in [3.63, 3.8) is 0 Å². The van der Waals surface area contributed by atoms with E-state index in [2.05, 4.69) is 27.9 Å². The van der Waals surface area contributed by atoms with E-state index in [1.165, 1.54) is 6.07 Å². The number of aromatic nitrogens is 2. The number of rotatable bonds is 4. The second-order valence-corrected chi connectivity index (χ2v) is 5.25. The molecule has 0 bridgehead atoms. The average molecular weight is 283 g/mol. The zero-order chi connectivity index (χ0) is 14.8. The van der Waals surface area contributed by atoms with Crippen LogP contribution in [0.25, 0.3) is 11.0 Å². The summed E-state index contributed by atoms with van der Waals surface area (Å²) in [4.78, 5) is 4.67. The Kier molecular flexibility index (Phi) is 3.71. The van der Waals surface area contributed by atoms with Crippen molar-refractivity contribution in [2.24, 2.45) is 7.05 Å². The minimum atomic E-state index is -0.204. The van der Waals surface area contributed by atoms with Crippen molar-refractivity contribution in [1.29, 1.82) is 0 Å². The van der Waals surface area contributed by atoms with E-state index in [0.29, 0.717) is 6.54 Å². The Morgan fingerprint density at radius 1 is 1.19 bits per heavy atom. The maximum absolute atomic E-state index is 13.2. The van der Waals surface area contributed by atoms with Gasteiger partial charge >= 0.3 is 0 Å². The molecule has 3 aromatic rings. The fraction of sp³-hybridized carbons (Fsp3) is 0.235. The standard InChI is InChI=1S/C17H18FN3/c1-12(19-11-13-6-5-7-14(18)10-13)17-20-15-8-3-4-9-16(15)21(17)2/h3-10,12,19H,11H2,1-2H3. The second kappa shape index (κ2) is 5.66. The number of benzene rings is 2. The van der Waals surface area contributed by atoms with E-state index in [4.69, 9.17) is 0 Å². The lowest BCUT2D eigenvalue weighted by Gasteiger charge is -2.14. The number of nitrogens with one attached hydrogen (secondary N) is 1. The van der Waals surface area contributed by atoms with Crippen molar-refractivity contribution in [2.75, 3.05) is 0 Å². The maximum atomic E-state index is 13.2. The summed E-state index contributed by atoms with van der Waals surface area (Å²) in [7, 11) is 2.02. The highest BCUT2D eigenvalue weighted by atomic mass is 19.1. The van der Waals surface area contributed by atoms with Gasteiger partial charge in [0.05, 0.1) is 17.1 Å². The van der Waals surface area contributed by atoms with Gasteiger partial charge in [0.1, 0.15) is 11.6 Å². The topological polar surface area (TPSA) is 29.9 Å². The SMILES string of the molecule is CC(NCc1cccc(F)c1)c1nc2ccccc2n1C. The van der Waals surface area contributed by atoms with Crippen LogP contribution >= 0.6 is 0 Å². The van der Waals surface area contributed by atoms with Crippen LogP contribution in [0.2, 0.25) is 0 Å². The fourth-order valence-electron chi connectivity index (χ4n) is 2.56. The molecular weight excluding hydrogens is 265 g/mol. The fourth-order valence-corrected chi connectivity index (χ4v) is 2.56. The van der Waals surface area contributed by atoms with Crippen LogP contribution in [0.5, 0.6) is 0 Å². The smallest absolute Gasteiger partial charge is 0.126 e. The summed E-state index contributed by atoms with van der Waals surface area (Å²) in [6.45, 7) is 2.68. The highest BCUT2D eigenvalue weighted by Crippen LogP contribution is 2.19. The van der Waals surface area contributed by atoms with Gasteiger partial charge in [-0.05, 0) is 36.8 Å². The normalized spacial score (nSPS) is 12.7. The molecule has 0 saturated heterocycles. The van der Waals surface area contributed by atoms with Gasteiger partial charge in [0.15, 0.2) is 0 Å². The van der Waals surface area contributed by atoms with Crippen molar-refractivity contribution in [3.05, 3.63) is 65.7 Å². The number of nitrogens with zero attached hydrogens (tertiary/aromatic N) is 2. The van der Waals surface area contributed by atoms with E-state index >= 15 is 0 Å². The molecule has 21 heavy (non-hydrogen) atoms. The van der Waals surface area contributed by atoms with Gasteiger partial charge in [-0.15, -0.1) is 0 Å². The Labute approximate surface area is 123 Å². The van der Waals surface area contributed by atoms with E-state index in [1.807, 2.05) is 31.3 Å². The Bertz CT molecular complexity index is 764. The van der Waals surface area contributed by atoms with Crippen molar-refractivity contribution in [1.82, 2.24) is 14.9 Å². The molecule has 0 aliphatic heterocycles. The lowest BCUT2D eigenvalue weighted by molar-refractivity contribution is 0.531. The highest BCUT2D eigenvalue weighted by Gasteiger charge is 2.13. The van der Waals surface area contributed by atoms with Gasteiger partial charge in [0.25, 0.3) is 0 Å². The van der Waals surface area contributed by atoms with Crippen LogP contribution in [-0.4, -0.2) is 9.55 Å². The van der Waals surface area contributed by atoms with E-state index in [1.54, 1.807) is 12.1 Å². The van der Waals surface area contributed by atoms with Crippen LogP contribution in [0.15, 0.2) is 48.5 Å². The Balaban J connectivity index is 1.78. The molecule has 1 atom stereocenters. The highest BCUT2D eigenvalue weighted by molar-refractivity contribution is 5.75. The molecule has 3 nitrogen and oxygen atoms in total. The molecule has 0 spiro atoms. The number of halogens is 1. The monoisotopic (exact) mass is 283 g/mol. The molecule has 0 aliphatic carbocycles. The van der Waals surface area contributed by atoms with E-state index in [0.717, 1.165) is 22.4 Å². The van der Waals surface area contributed by atoms with Crippen LogP contribution in [0.4, 0.5) is 4.39 Å². The third-order valence-corrected chi connectivity index (χ3v) is 3.71. The number of imidazole rings is 1. The predicted octanol–water partition coefficient (Wildman–Crippen LogP) is 3.56. The lowest BCUT2D eigenvalue weighted by Crippen LogP contribution is -2.21. The van der Waals surface area contributed by atoms with Crippen molar-refractivity contribution in [2.45, 2.75) is 19.5 Å². The molecule has 3 rings (SSSR count). The number of fused-ring (bicyclic) bond motifs is 1. The summed E-state index contributed by atoms with van der Waals surface area (Å²) in [5.41, 5.74) is 3.04. The first-order valence-electron chi connectivity index (χ1n) is 7.04. The maximum Gasteiger partial charge on any atom is 0.126 e. The summed E-state index contributed by atoms with van der Waals surface area (Å²) in [5.74, 6) is 0.775. The van der Waals surface area contributed by atoms with Crippen LogP contribution in [0, 0.1) is 5.82 Å². The molecule has 0 fully saturated rings. The summed E-state index contributed by atoms with van der Waals surface area (Å²) in [6.07, 6.45) is 0. The van der Waals surface area contributed by atoms with Crippen molar-refractivity contribution < 1.29 is 4.39 Å². The first kappa shape index (κ1) is 13.8. The summed E-state index contributed by atoms with van der Waals surface area (Å²) < 4.78 is 15.3. The van der Waals surface area contributed by atoms with Crippen molar-refractivity contribution in [3.8, 4) is 0 Å². The molecule has 1 aromatic heterocycles. The molecule has 2 aromatic carbocycles. The van der Waals surface area contributed by atoms with Crippen LogP contribution in [0.3, 0.4) is 0 Å². The molecule has 0 saturated carbocycles. The van der Waals surface area contributed by atoms with Crippen molar-refractivity contribution >= 4 is 11.0 Å². The van der Waals surface area contributed by atoms with Crippen LogP contribution < -0.4 is 5.32 Å². The van der Waals surface area contributed by atoms with Gasteiger partial charge in [0.2, 0.25) is 0 Å². The Hall–Kier alpha value is -2.20. The molecular formula is C17H18FN3. The molecule has 108 valence electrons. The number of para-hydroxylation sites is 2. The first-order chi connectivity index (χ1) is 10.1. The Morgan fingerprint density at radius 2 is 2.00 bits per heavy atom. The largest absolute Gasteiger partial charge is 0.330 e. The number of hydrogen-bond acceptors (Lipinski definition) is 2. The molecule has 1 N–H and O–H groups in total. The molecule has 0 radical (unpaired) electrons. The van der Waals surface area contributed by atoms with Crippen LogP contribution in [0.1, 0.15) is 24.4 Å². The summed E-state index contributed by atoms with van der Waals surface area (Å²) >= 11 is 0. The van der Waals surface area contributed by atoms with E-state index in [9.17, 15) is 4.39 Å². The van der Waals surface area contributed by atoms with Crippen LogP contribution in [-0.2, 0) is 13.6 Å². The molecule has 1 heterocycles. The van der Waals surface area contributed by atoms with Gasteiger partial charge in [-0.3, -0.25) is 0 Å². The quantitative estimate of drug-likeness (QED) is 0.793. The van der Waals surface area contributed by atoms with Gasteiger partial charge in [-0.25, -0.2) is 9.37 Å². The first-order valence-corrected chi connectivity index (χ1v) is 7.04. The summed E-state index contributed by atoms with van der Waals surface area (Å²) in [5, 5.41) is 3.39. The third-order valence-electron chi connectivity index (χ3n) is 3.71. The predicted molar refractivity (Wildman–Crippen MR) is 82.4 cm³/mol. The molecule has 0 amide bonds. The summed E-state index contributed by atoms with van der Waals surface area (Å²) in [6, 6.07) is 14.8. The van der Waals surface area contributed by atoms with E-state index < -0.39 is 0 Å². The molecule has 1 unspecified atom stereocenters. The minimum absolute atomic E-state index is 0.0886. The zero-order valence-electron chi connectivity index (χ0n) is 12.2. The number of aryl methyl sites for hydroxylation is 1. The minimum Gasteiger partial charge on any atom is -0.330 e. The zero-order valence-corrected chi connectivity index (χ0v) is 12.2. The van der Waals surface area contributed by atoms with Gasteiger partial charge in [-0.2, -0.15) is 0 Å². The van der Waals surface area contributed by atoms with E-state index in [-0.39, 0.29) is 11.9 Å². The van der Waals surface area contributed by atoms with Gasteiger partial charge in [0, 0.05) is 13.6 Å². The Morgan fingerprint density at radius 3 is 2.76 bits per heavy atom.